The van der Waals surface area contributed by atoms with E-state index in [1.54, 1.807) is 0 Å². The Bertz CT molecular complexity index is 774. The minimum atomic E-state index is -0.0240. The lowest BCUT2D eigenvalue weighted by molar-refractivity contribution is -0.126. The third kappa shape index (κ3) is 2.74. The first-order chi connectivity index (χ1) is 11.4. The molecular formula is C18H24N4O2. The van der Waals surface area contributed by atoms with Crippen LogP contribution in [0, 0.1) is 18.3 Å². The van der Waals surface area contributed by atoms with E-state index in [0.717, 1.165) is 54.2 Å². The number of aryl methyl sites for hydroxylation is 2. The summed E-state index contributed by atoms with van der Waals surface area (Å²) < 4.78 is 5.86. The van der Waals surface area contributed by atoms with Crippen LogP contribution >= 0.6 is 0 Å². The van der Waals surface area contributed by atoms with E-state index in [1.165, 1.54) is 0 Å². The Morgan fingerprint density at radius 2 is 2.17 bits per heavy atom. The van der Waals surface area contributed by atoms with Gasteiger partial charge in [-0.1, -0.05) is 13.8 Å². The Morgan fingerprint density at radius 1 is 1.38 bits per heavy atom. The van der Waals surface area contributed by atoms with Crippen LogP contribution in [0.2, 0.25) is 0 Å². The van der Waals surface area contributed by atoms with Crippen molar-refractivity contribution in [3.8, 4) is 0 Å². The maximum Gasteiger partial charge on any atom is 0.224 e. The molecule has 2 aliphatic rings. The summed E-state index contributed by atoms with van der Waals surface area (Å²) in [6, 6.07) is 2.11. The molecule has 2 heterocycles. The fourth-order valence-corrected chi connectivity index (χ4v) is 4.11. The Kier molecular flexibility index (Phi) is 3.51. The molecule has 4 rings (SSSR count). The molecule has 6 heteroatoms. The molecule has 0 aromatic carbocycles. The zero-order valence-electron chi connectivity index (χ0n) is 14.5. The highest BCUT2D eigenvalue weighted by atomic mass is 16.3. The first-order valence-corrected chi connectivity index (χ1v) is 8.69. The number of hydrogen-bond acceptors (Lipinski definition) is 4. The summed E-state index contributed by atoms with van der Waals surface area (Å²) in [5.41, 5.74) is 3.22. The number of fused-ring (bicyclic) bond motifs is 2. The van der Waals surface area contributed by atoms with Gasteiger partial charge in [-0.25, -0.2) is 0 Å². The summed E-state index contributed by atoms with van der Waals surface area (Å²) in [4.78, 5) is 12.8. The van der Waals surface area contributed by atoms with Gasteiger partial charge >= 0.3 is 0 Å². The van der Waals surface area contributed by atoms with Crippen molar-refractivity contribution in [1.29, 1.82) is 0 Å². The summed E-state index contributed by atoms with van der Waals surface area (Å²) in [6.45, 7) is 6.43. The molecule has 0 saturated carbocycles. The summed E-state index contributed by atoms with van der Waals surface area (Å²) in [5.74, 6) is 2.04. The van der Waals surface area contributed by atoms with Gasteiger partial charge in [-0.15, -0.1) is 0 Å². The van der Waals surface area contributed by atoms with Crippen molar-refractivity contribution in [1.82, 2.24) is 20.7 Å². The second kappa shape index (κ2) is 5.46. The van der Waals surface area contributed by atoms with Gasteiger partial charge in [0.15, 0.2) is 0 Å². The fraction of sp³-hybridized carbons (Fsp3) is 0.611. The molecule has 2 N–H and O–H groups in total. The smallest absolute Gasteiger partial charge is 0.224 e. The molecule has 2 aromatic rings. The number of aromatic amines is 1. The molecule has 2 unspecified atom stereocenters. The third-order valence-electron chi connectivity index (χ3n) is 5.30. The van der Waals surface area contributed by atoms with Gasteiger partial charge in [0, 0.05) is 24.3 Å². The van der Waals surface area contributed by atoms with E-state index in [9.17, 15) is 4.79 Å². The summed E-state index contributed by atoms with van der Waals surface area (Å²) in [6.07, 6.45) is 4.18. The molecule has 0 radical (unpaired) electrons. The number of H-pyrrole nitrogens is 1. The molecule has 24 heavy (non-hydrogen) atoms. The quantitative estimate of drug-likeness (QED) is 0.887. The van der Waals surface area contributed by atoms with Crippen molar-refractivity contribution in [2.24, 2.45) is 11.3 Å². The molecule has 0 fully saturated rings. The third-order valence-corrected chi connectivity index (χ3v) is 5.30. The van der Waals surface area contributed by atoms with Gasteiger partial charge in [-0.05, 0) is 37.7 Å². The largest absolute Gasteiger partial charge is 0.466 e. The van der Waals surface area contributed by atoms with E-state index in [4.69, 9.17) is 4.42 Å². The Balaban J connectivity index is 1.51. The average Bonchev–Trinajstić information content (AvgIpc) is 3.10. The molecule has 0 saturated heterocycles. The predicted octanol–water partition coefficient (Wildman–Crippen LogP) is 2.64. The van der Waals surface area contributed by atoms with E-state index in [-0.39, 0.29) is 23.3 Å². The molecule has 2 aromatic heterocycles. The normalized spacial score (nSPS) is 25.0. The van der Waals surface area contributed by atoms with Crippen LogP contribution in [0.5, 0.6) is 0 Å². The molecule has 2 atom stereocenters. The molecule has 128 valence electrons. The molecule has 0 spiro atoms. The molecule has 0 bridgehead atoms. The van der Waals surface area contributed by atoms with E-state index in [1.807, 2.05) is 6.92 Å². The van der Waals surface area contributed by atoms with Gasteiger partial charge in [-0.2, -0.15) is 15.4 Å². The molecule has 1 amide bonds. The zero-order chi connectivity index (χ0) is 16.9. The number of hydrogen-bond donors (Lipinski definition) is 2. The number of amides is 1. The van der Waals surface area contributed by atoms with Gasteiger partial charge in [0.1, 0.15) is 11.5 Å². The second-order valence-corrected chi connectivity index (χ2v) is 8.00. The van der Waals surface area contributed by atoms with Crippen molar-refractivity contribution in [3.63, 3.8) is 0 Å². The maximum atomic E-state index is 12.8. The number of carbonyl (C=O) groups is 1. The molecule has 6 nitrogen and oxygen atoms in total. The fourth-order valence-electron chi connectivity index (χ4n) is 4.11. The van der Waals surface area contributed by atoms with Crippen LogP contribution < -0.4 is 5.32 Å². The number of nitrogens with one attached hydrogen (secondary N) is 2. The summed E-state index contributed by atoms with van der Waals surface area (Å²) in [7, 11) is 0. The molecular weight excluding hydrogens is 304 g/mol. The predicted molar refractivity (Wildman–Crippen MR) is 88.3 cm³/mol. The first kappa shape index (κ1) is 15.4. The number of aromatic nitrogens is 3. The zero-order valence-corrected chi connectivity index (χ0v) is 14.5. The Morgan fingerprint density at radius 3 is 3.00 bits per heavy atom. The van der Waals surface area contributed by atoms with Crippen LogP contribution in [0.25, 0.3) is 0 Å². The number of carbonyl (C=O) groups excluding carboxylic acids is 1. The van der Waals surface area contributed by atoms with Crippen LogP contribution in [-0.2, 0) is 24.1 Å². The number of nitrogens with zero attached hydrogens (tertiary/aromatic N) is 2. The highest BCUT2D eigenvalue weighted by Gasteiger charge is 2.37. The van der Waals surface area contributed by atoms with E-state index in [0.29, 0.717) is 6.42 Å². The van der Waals surface area contributed by atoms with Crippen LogP contribution in [0.1, 0.15) is 61.2 Å². The van der Waals surface area contributed by atoms with Crippen molar-refractivity contribution >= 4 is 5.91 Å². The lowest BCUT2D eigenvalue weighted by atomic mass is 9.74. The SMILES string of the molecule is Cc1cc2c(o1)CC(C)(C)CC2NC(=O)C1CCc2n[nH]nc2C1. The minimum Gasteiger partial charge on any atom is -0.466 e. The van der Waals surface area contributed by atoms with Gasteiger partial charge in [0.2, 0.25) is 5.91 Å². The van der Waals surface area contributed by atoms with E-state index in [2.05, 4.69) is 40.6 Å². The van der Waals surface area contributed by atoms with Gasteiger partial charge in [0.05, 0.1) is 17.4 Å². The lowest BCUT2D eigenvalue weighted by Crippen LogP contribution is -2.40. The maximum absolute atomic E-state index is 12.8. The summed E-state index contributed by atoms with van der Waals surface area (Å²) in [5, 5.41) is 14.2. The van der Waals surface area contributed by atoms with Crippen LogP contribution in [-0.4, -0.2) is 21.3 Å². The monoisotopic (exact) mass is 328 g/mol. The summed E-state index contributed by atoms with van der Waals surface area (Å²) >= 11 is 0. The van der Waals surface area contributed by atoms with Crippen molar-refractivity contribution in [2.45, 2.75) is 58.9 Å². The Labute approximate surface area is 141 Å². The highest BCUT2D eigenvalue weighted by Crippen LogP contribution is 2.42. The van der Waals surface area contributed by atoms with E-state index >= 15 is 0 Å². The number of furan rings is 1. The number of rotatable bonds is 2. The lowest BCUT2D eigenvalue weighted by Gasteiger charge is -2.35. The second-order valence-electron chi connectivity index (χ2n) is 8.00. The molecule has 2 aliphatic carbocycles. The van der Waals surface area contributed by atoms with Crippen LogP contribution in [0.15, 0.2) is 10.5 Å². The average molecular weight is 328 g/mol. The van der Waals surface area contributed by atoms with Crippen LogP contribution in [0.3, 0.4) is 0 Å². The molecule has 0 aliphatic heterocycles. The first-order valence-electron chi connectivity index (χ1n) is 8.69. The van der Waals surface area contributed by atoms with Gasteiger partial charge < -0.3 is 9.73 Å². The van der Waals surface area contributed by atoms with Gasteiger partial charge in [0.25, 0.3) is 0 Å². The van der Waals surface area contributed by atoms with Crippen LogP contribution in [0.4, 0.5) is 0 Å². The van der Waals surface area contributed by atoms with E-state index < -0.39 is 0 Å². The standard InChI is InChI=1S/C18H24N4O2/c1-10-6-12-15(8-18(2,3)9-16(12)24-10)19-17(23)11-4-5-13-14(7-11)21-22-20-13/h6,11,15H,4-5,7-9H2,1-3H3,(H,19,23)(H,20,21,22). The Hall–Kier alpha value is -2.11. The van der Waals surface area contributed by atoms with Crippen molar-refractivity contribution in [3.05, 3.63) is 34.5 Å². The van der Waals surface area contributed by atoms with Gasteiger partial charge in [-0.3, -0.25) is 4.79 Å². The topological polar surface area (TPSA) is 83.8 Å². The highest BCUT2D eigenvalue weighted by molar-refractivity contribution is 5.79. The minimum absolute atomic E-state index is 0.0240. The van der Waals surface area contributed by atoms with Crippen molar-refractivity contribution < 1.29 is 9.21 Å². The van der Waals surface area contributed by atoms with Crippen molar-refractivity contribution in [2.75, 3.05) is 0 Å².